The Kier molecular flexibility index (Phi) is 7.41. The molecule has 0 unspecified atom stereocenters. The lowest BCUT2D eigenvalue weighted by molar-refractivity contribution is -0.246. The minimum absolute atomic E-state index is 0.0764. The molecule has 2 N–H and O–H groups in total. The molecule has 238 valence electrons. The van der Waals surface area contributed by atoms with Gasteiger partial charge in [-0.05, 0) is 110 Å². The fraction of sp³-hybridized carbons (Fsp3) is 0.917. The topological polar surface area (TPSA) is 85.2 Å². The molecule has 1 aliphatic heterocycles. The molecule has 0 bridgehead atoms. The Morgan fingerprint density at radius 1 is 1.05 bits per heavy atom. The predicted molar refractivity (Wildman–Crippen MR) is 162 cm³/mol. The van der Waals surface area contributed by atoms with Gasteiger partial charge in [-0.15, -0.1) is 0 Å². The Labute approximate surface area is 254 Å². The van der Waals surface area contributed by atoms with Crippen LogP contribution in [0.3, 0.4) is 0 Å². The van der Waals surface area contributed by atoms with Crippen LogP contribution in [0.4, 0.5) is 0 Å². The van der Waals surface area contributed by atoms with Crippen molar-refractivity contribution in [2.24, 2.45) is 56.7 Å². The average Bonchev–Trinajstić information content (AvgIpc) is 3.23. The summed E-state index contributed by atoms with van der Waals surface area (Å²) in [4.78, 5) is 12.7. The smallest absolute Gasteiger partial charge is 0.306 e. The molecule has 6 aliphatic rings. The van der Waals surface area contributed by atoms with E-state index in [1.54, 1.807) is 7.11 Å². The molecule has 1 heterocycles. The van der Waals surface area contributed by atoms with Crippen LogP contribution in [0.2, 0.25) is 0 Å². The van der Waals surface area contributed by atoms with Crippen molar-refractivity contribution in [2.45, 2.75) is 143 Å². The Morgan fingerprint density at radius 2 is 1.76 bits per heavy atom. The van der Waals surface area contributed by atoms with Crippen molar-refractivity contribution in [3.63, 3.8) is 0 Å². The molecular formula is C36H58O6. The first kappa shape index (κ1) is 31.0. The van der Waals surface area contributed by atoms with Crippen LogP contribution in [0.25, 0.3) is 0 Å². The third kappa shape index (κ3) is 3.99. The average molecular weight is 587 g/mol. The highest BCUT2D eigenvalue weighted by Gasteiger charge is 2.85. The molecule has 6 heteroatoms. The lowest BCUT2D eigenvalue weighted by Gasteiger charge is -2.68. The Balaban J connectivity index is 1.26. The normalized spacial score (nSPS) is 51.2. The van der Waals surface area contributed by atoms with Gasteiger partial charge in [0.1, 0.15) is 12.2 Å². The highest BCUT2D eigenvalue weighted by atomic mass is 16.7. The molecule has 6 rings (SSSR count). The van der Waals surface area contributed by atoms with E-state index in [9.17, 15) is 15.0 Å². The van der Waals surface area contributed by atoms with Crippen molar-refractivity contribution in [1.82, 2.24) is 0 Å². The van der Waals surface area contributed by atoms with E-state index < -0.39 is 6.10 Å². The first-order chi connectivity index (χ1) is 19.6. The number of methoxy groups -OCH3 is 1. The van der Waals surface area contributed by atoms with Crippen LogP contribution in [0.1, 0.15) is 113 Å². The molecular weight excluding hydrogens is 528 g/mol. The molecule has 5 saturated carbocycles. The molecule has 0 amide bonds. The summed E-state index contributed by atoms with van der Waals surface area (Å²) in [7, 11) is 1.74. The van der Waals surface area contributed by atoms with Crippen LogP contribution in [-0.2, 0) is 19.0 Å². The molecule has 0 aromatic rings. The van der Waals surface area contributed by atoms with Crippen LogP contribution in [0.15, 0.2) is 12.2 Å². The maximum absolute atomic E-state index is 12.7. The first-order valence-electron chi connectivity index (χ1n) is 17.0. The molecule has 0 spiro atoms. The van der Waals surface area contributed by atoms with Gasteiger partial charge in [0.15, 0.2) is 6.29 Å². The fourth-order valence-corrected chi connectivity index (χ4v) is 12.8. The Hall–Kier alpha value is -0.950. The zero-order chi connectivity index (χ0) is 30.6. The lowest BCUT2D eigenvalue weighted by Crippen LogP contribution is -2.66. The van der Waals surface area contributed by atoms with Crippen LogP contribution >= 0.6 is 0 Å². The molecule has 42 heavy (non-hydrogen) atoms. The second-order valence-electron chi connectivity index (χ2n) is 17.1. The maximum atomic E-state index is 12.7. The van der Waals surface area contributed by atoms with Crippen molar-refractivity contribution in [3.8, 4) is 0 Å². The van der Waals surface area contributed by atoms with E-state index in [2.05, 4.69) is 48.1 Å². The van der Waals surface area contributed by atoms with Gasteiger partial charge in [-0.25, -0.2) is 0 Å². The summed E-state index contributed by atoms with van der Waals surface area (Å²) in [5, 5.41) is 23.1. The van der Waals surface area contributed by atoms with E-state index >= 15 is 0 Å². The van der Waals surface area contributed by atoms with Gasteiger partial charge in [0, 0.05) is 30.3 Å². The van der Waals surface area contributed by atoms with Crippen molar-refractivity contribution in [2.75, 3.05) is 7.11 Å². The van der Waals surface area contributed by atoms with Gasteiger partial charge in [0.25, 0.3) is 0 Å². The van der Waals surface area contributed by atoms with Gasteiger partial charge in [-0.2, -0.15) is 0 Å². The fourth-order valence-electron chi connectivity index (χ4n) is 12.8. The number of fused-ring (bicyclic) bond motifs is 3. The van der Waals surface area contributed by atoms with Crippen LogP contribution in [-0.4, -0.2) is 54.0 Å². The highest BCUT2D eigenvalue weighted by molar-refractivity contribution is 5.69. The molecule has 0 aromatic heterocycles. The minimum Gasteiger partial charge on any atom is -0.462 e. The van der Waals surface area contributed by atoms with E-state index in [0.29, 0.717) is 30.1 Å². The van der Waals surface area contributed by atoms with E-state index in [0.717, 1.165) is 44.1 Å². The van der Waals surface area contributed by atoms with Gasteiger partial charge in [0.05, 0.1) is 12.2 Å². The Bertz CT molecular complexity index is 1100. The van der Waals surface area contributed by atoms with E-state index in [-0.39, 0.29) is 63.6 Å². The largest absolute Gasteiger partial charge is 0.462 e. The SMILES string of the molecule is C=C(C)[C@H](O)[C@H]1C[C@@H]([C@@H]2CC[C@]34C[C@]23CC[C@@H]2[C@@]3(C)CC[C@@H](OC(=O)CC(C)C)C(C)(C)[C@@H]3C[C@@H](O)[C@]24C)[C@H](OC)O1. The zero-order valence-corrected chi connectivity index (χ0v) is 27.6. The monoisotopic (exact) mass is 586 g/mol. The summed E-state index contributed by atoms with van der Waals surface area (Å²) in [6.45, 7) is 19.6. The van der Waals surface area contributed by atoms with Crippen molar-refractivity contribution >= 4 is 5.97 Å². The zero-order valence-electron chi connectivity index (χ0n) is 27.6. The number of aliphatic hydroxyl groups is 2. The first-order valence-corrected chi connectivity index (χ1v) is 17.0. The summed E-state index contributed by atoms with van der Waals surface area (Å²) in [6, 6.07) is 0. The second-order valence-corrected chi connectivity index (χ2v) is 17.1. The molecule has 0 radical (unpaired) electrons. The van der Waals surface area contributed by atoms with Gasteiger partial charge >= 0.3 is 5.97 Å². The third-order valence-electron chi connectivity index (χ3n) is 14.7. The maximum Gasteiger partial charge on any atom is 0.306 e. The van der Waals surface area contributed by atoms with Gasteiger partial charge in [0.2, 0.25) is 0 Å². The number of rotatable bonds is 7. The number of aliphatic hydroxyl groups excluding tert-OH is 2. The second kappa shape index (κ2) is 10.0. The molecule has 5 aliphatic carbocycles. The van der Waals surface area contributed by atoms with E-state index in [1.807, 2.05) is 6.92 Å². The number of carbonyl (C=O) groups is 1. The molecule has 13 atom stereocenters. The molecule has 6 nitrogen and oxygen atoms in total. The third-order valence-corrected chi connectivity index (χ3v) is 14.7. The molecule has 0 aromatic carbocycles. The summed E-state index contributed by atoms with van der Waals surface area (Å²) < 4.78 is 18.4. The van der Waals surface area contributed by atoms with Gasteiger partial charge in [-0.1, -0.05) is 48.1 Å². The van der Waals surface area contributed by atoms with E-state index in [1.165, 1.54) is 19.3 Å². The van der Waals surface area contributed by atoms with Gasteiger partial charge in [-0.3, -0.25) is 4.79 Å². The predicted octanol–water partition coefficient (Wildman–Crippen LogP) is 6.67. The van der Waals surface area contributed by atoms with Crippen LogP contribution in [0, 0.1) is 56.7 Å². The van der Waals surface area contributed by atoms with Crippen molar-refractivity contribution in [1.29, 1.82) is 0 Å². The number of hydrogen-bond donors (Lipinski definition) is 2. The number of esters is 1. The Morgan fingerprint density at radius 3 is 2.40 bits per heavy atom. The quantitative estimate of drug-likeness (QED) is 0.256. The summed E-state index contributed by atoms with van der Waals surface area (Å²) >= 11 is 0. The summed E-state index contributed by atoms with van der Waals surface area (Å²) in [5.74, 6) is 1.74. The minimum atomic E-state index is -0.663. The lowest BCUT2D eigenvalue weighted by atomic mass is 9.37. The van der Waals surface area contributed by atoms with E-state index in [4.69, 9.17) is 14.2 Å². The number of carbonyl (C=O) groups excluding carboxylic acids is 1. The van der Waals surface area contributed by atoms with Crippen molar-refractivity contribution in [3.05, 3.63) is 12.2 Å². The van der Waals surface area contributed by atoms with Gasteiger partial charge < -0.3 is 24.4 Å². The molecule has 1 saturated heterocycles. The standard InChI is InChI=1S/C36H58O6/c1-20(2)16-29(38)42-28-12-13-33(7)25-11-14-35-19-36(35,34(25,8)27(37)18-26(33)32(28,5)6)15-10-23(35)22-17-24(30(39)21(3)4)41-31(22)40-9/h20,22-28,30-31,37,39H,3,10-19H2,1-2,4-9H3/t22-,23-,24+,25+,26-,27+,28+,30-,31+,33+,34-,35+,36+/m0/s1. The number of ether oxygens (including phenoxy) is 3. The summed E-state index contributed by atoms with van der Waals surface area (Å²) in [5.41, 5.74) is 0.949. The van der Waals surface area contributed by atoms with Crippen LogP contribution in [0.5, 0.6) is 0 Å². The van der Waals surface area contributed by atoms with Crippen molar-refractivity contribution < 1.29 is 29.2 Å². The number of hydrogen-bond acceptors (Lipinski definition) is 6. The van der Waals surface area contributed by atoms with Crippen LogP contribution < -0.4 is 0 Å². The molecule has 6 fully saturated rings. The summed E-state index contributed by atoms with van der Waals surface area (Å²) in [6.07, 6.45) is 8.24. The highest BCUT2D eigenvalue weighted by Crippen LogP contribution is 2.91.